The van der Waals surface area contributed by atoms with E-state index in [1.165, 1.54) is 12.8 Å². The average Bonchev–Trinajstić information content (AvgIpc) is 2.35. The van der Waals surface area contributed by atoms with Gasteiger partial charge < -0.3 is 10.6 Å². The number of piperazine rings is 1. The Kier molecular flexibility index (Phi) is 7.11. The molecule has 2 aliphatic rings. The van der Waals surface area contributed by atoms with Crippen LogP contribution in [0.15, 0.2) is 0 Å². The van der Waals surface area contributed by atoms with Gasteiger partial charge in [0.2, 0.25) is 5.91 Å². The molecule has 0 radical (unpaired) electrons. The van der Waals surface area contributed by atoms with E-state index in [0.29, 0.717) is 18.6 Å². The highest BCUT2D eigenvalue weighted by Crippen LogP contribution is 2.23. The van der Waals surface area contributed by atoms with Crippen molar-refractivity contribution in [2.45, 2.75) is 51.6 Å². The number of rotatable bonds is 3. The molecular weight excluding hydrogens is 262 g/mol. The molecule has 5 heteroatoms. The van der Waals surface area contributed by atoms with Crippen molar-refractivity contribution < 1.29 is 4.79 Å². The van der Waals surface area contributed by atoms with Crippen LogP contribution in [0.5, 0.6) is 0 Å². The van der Waals surface area contributed by atoms with Crippen LogP contribution in [0.4, 0.5) is 0 Å². The Bertz CT molecular complexity index is 280. The Balaban J connectivity index is 0.00000180. The molecule has 0 aromatic rings. The van der Waals surface area contributed by atoms with Crippen LogP contribution >= 0.6 is 12.4 Å². The summed E-state index contributed by atoms with van der Waals surface area (Å²) in [4.78, 5) is 14.3. The van der Waals surface area contributed by atoms with Crippen molar-refractivity contribution in [1.29, 1.82) is 0 Å². The predicted octanol–water partition coefficient (Wildman–Crippen LogP) is 1.40. The predicted molar refractivity (Wildman–Crippen MR) is 80.7 cm³/mol. The first-order valence-corrected chi connectivity index (χ1v) is 7.39. The van der Waals surface area contributed by atoms with E-state index in [2.05, 4.69) is 29.4 Å². The number of nitrogens with zero attached hydrogens (tertiary/aromatic N) is 1. The zero-order chi connectivity index (χ0) is 13.0. The Labute approximate surface area is 123 Å². The van der Waals surface area contributed by atoms with Crippen LogP contribution in [0.25, 0.3) is 0 Å². The molecule has 4 nitrogen and oxygen atoms in total. The molecule has 0 unspecified atom stereocenters. The van der Waals surface area contributed by atoms with Crippen molar-refractivity contribution in [2.75, 3.05) is 26.2 Å². The molecule has 1 aliphatic heterocycles. The van der Waals surface area contributed by atoms with E-state index in [-0.39, 0.29) is 18.3 Å². The summed E-state index contributed by atoms with van der Waals surface area (Å²) in [5, 5.41) is 6.56. The molecule has 2 fully saturated rings. The van der Waals surface area contributed by atoms with Gasteiger partial charge in [0.15, 0.2) is 0 Å². The number of hydrogen-bond acceptors (Lipinski definition) is 3. The zero-order valence-electron chi connectivity index (χ0n) is 12.2. The van der Waals surface area contributed by atoms with Crippen LogP contribution in [0.2, 0.25) is 0 Å². The maximum atomic E-state index is 12.0. The fraction of sp³-hybridized carbons (Fsp3) is 0.929. The van der Waals surface area contributed by atoms with Gasteiger partial charge in [-0.2, -0.15) is 0 Å². The number of carbonyl (C=O) groups excluding carboxylic acids is 1. The molecule has 112 valence electrons. The molecule has 2 rings (SSSR count). The molecule has 1 amide bonds. The summed E-state index contributed by atoms with van der Waals surface area (Å²) in [6.07, 6.45) is 4.83. The minimum absolute atomic E-state index is 0. The standard InChI is InChI=1S/C14H27N3O.ClH/c1-11-3-5-13(6-4-11)16-14(18)10-17-8-7-15-9-12(17)2;/h11-13,15H,3-10H2,1-2H3,(H,16,18);1H/t11?,12-,13?;/m1./s1. The number of nitrogens with one attached hydrogen (secondary N) is 2. The van der Waals surface area contributed by atoms with Crippen LogP contribution in [0.1, 0.15) is 39.5 Å². The smallest absolute Gasteiger partial charge is 0.234 e. The van der Waals surface area contributed by atoms with E-state index in [9.17, 15) is 4.79 Å². The summed E-state index contributed by atoms with van der Waals surface area (Å²) < 4.78 is 0. The lowest BCUT2D eigenvalue weighted by molar-refractivity contribution is -0.123. The van der Waals surface area contributed by atoms with Crippen LogP contribution in [0, 0.1) is 5.92 Å². The topological polar surface area (TPSA) is 44.4 Å². The molecule has 19 heavy (non-hydrogen) atoms. The van der Waals surface area contributed by atoms with Gasteiger partial charge in [-0.15, -0.1) is 12.4 Å². The third-order valence-electron chi connectivity index (χ3n) is 4.37. The lowest BCUT2D eigenvalue weighted by Gasteiger charge is -2.34. The maximum Gasteiger partial charge on any atom is 0.234 e. The second kappa shape index (κ2) is 8.08. The number of halogens is 1. The van der Waals surface area contributed by atoms with E-state index in [0.717, 1.165) is 38.4 Å². The van der Waals surface area contributed by atoms with Gasteiger partial charge in [-0.3, -0.25) is 9.69 Å². The Morgan fingerprint density at radius 1 is 1.26 bits per heavy atom. The highest BCUT2D eigenvalue weighted by atomic mass is 35.5. The largest absolute Gasteiger partial charge is 0.352 e. The Morgan fingerprint density at radius 3 is 2.58 bits per heavy atom. The summed E-state index contributed by atoms with van der Waals surface area (Å²) >= 11 is 0. The first-order valence-electron chi connectivity index (χ1n) is 7.39. The van der Waals surface area contributed by atoms with Crippen LogP contribution in [-0.2, 0) is 4.79 Å². The van der Waals surface area contributed by atoms with Crippen LogP contribution in [0.3, 0.4) is 0 Å². The average molecular weight is 290 g/mol. The second-order valence-corrected chi connectivity index (χ2v) is 6.05. The molecule has 1 aliphatic carbocycles. The SMILES string of the molecule is CC1CCC(NC(=O)CN2CCNC[C@H]2C)CC1.Cl. The molecule has 2 N–H and O–H groups in total. The summed E-state index contributed by atoms with van der Waals surface area (Å²) in [6.45, 7) is 8.03. The summed E-state index contributed by atoms with van der Waals surface area (Å²) in [6, 6.07) is 0.891. The molecule has 1 atom stereocenters. The number of carbonyl (C=O) groups is 1. The van der Waals surface area contributed by atoms with E-state index >= 15 is 0 Å². The second-order valence-electron chi connectivity index (χ2n) is 6.05. The highest BCUT2D eigenvalue weighted by molar-refractivity contribution is 5.85. The molecule has 1 saturated heterocycles. The Morgan fingerprint density at radius 2 is 1.95 bits per heavy atom. The molecule has 0 spiro atoms. The van der Waals surface area contributed by atoms with E-state index in [4.69, 9.17) is 0 Å². The third-order valence-corrected chi connectivity index (χ3v) is 4.37. The van der Waals surface area contributed by atoms with Crippen molar-refractivity contribution in [1.82, 2.24) is 15.5 Å². The fourth-order valence-corrected chi connectivity index (χ4v) is 2.98. The Hall–Kier alpha value is -0.320. The van der Waals surface area contributed by atoms with Crippen molar-refractivity contribution in [3.63, 3.8) is 0 Å². The summed E-state index contributed by atoms with van der Waals surface area (Å²) in [5.41, 5.74) is 0. The van der Waals surface area contributed by atoms with Crippen molar-refractivity contribution >= 4 is 18.3 Å². The van der Waals surface area contributed by atoms with Gasteiger partial charge in [-0.25, -0.2) is 0 Å². The maximum absolute atomic E-state index is 12.0. The van der Waals surface area contributed by atoms with Crippen molar-refractivity contribution in [3.8, 4) is 0 Å². The molecule has 0 aromatic heterocycles. The molecular formula is C14H28ClN3O. The minimum atomic E-state index is 0. The van der Waals surface area contributed by atoms with Gasteiger partial charge in [0, 0.05) is 31.7 Å². The zero-order valence-corrected chi connectivity index (χ0v) is 13.0. The highest BCUT2D eigenvalue weighted by Gasteiger charge is 2.23. The van der Waals surface area contributed by atoms with Gasteiger partial charge in [0.05, 0.1) is 6.54 Å². The van der Waals surface area contributed by atoms with Gasteiger partial charge in [-0.05, 0) is 38.5 Å². The van der Waals surface area contributed by atoms with Crippen molar-refractivity contribution in [3.05, 3.63) is 0 Å². The minimum Gasteiger partial charge on any atom is -0.352 e. The van der Waals surface area contributed by atoms with Crippen LogP contribution < -0.4 is 10.6 Å². The van der Waals surface area contributed by atoms with Gasteiger partial charge in [0.1, 0.15) is 0 Å². The number of hydrogen-bond donors (Lipinski definition) is 2. The molecule has 1 saturated carbocycles. The normalized spacial score (nSPS) is 32.4. The third kappa shape index (κ3) is 5.28. The molecule has 0 bridgehead atoms. The summed E-state index contributed by atoms with van der Waals surface area (Å²) in [5.74, 6) is 1.05. The van der Waals surface area contributed by atoms with Crippen molar-refractivity contribution in [2.24, 2.45) is 5.92 Å². The van der Waals surface area contributed by atoms with Gasteiger partial charge in [0.25, 0.3) is 0 Å². The van der Waals surface area contributed by atoms with Crippen LogP contribution in [-0.4, -0.2) is 49.1 Å². The number of amides is 1. The molecule has 1 heterocycles. The lowest BCUT2D eigenvalue weighted by Crippen LogP contribution is -2.53. The van der Waals surface area contributed by atoms with E-state index in [1.807, 2.05) is 0 Å². The van der Waals surface area contributed by atoms with E-state index in [1.54, 1.807) is 0 Å². The monoisotopic (exact) mass is 289 g/mol. The first kappa shape index (κ1) is 16.7. The quantitative estimate of drug-likeness (QED) is 0.825. The fourth-order valence-electron chi connectivity index (χ4n) is 2.98. The first-order chi connectivity index (χ1) is 8.65. The van der Waals surface area contributed by atoms with Gasteiger partial charge >= 0.3 is 0 Å². The molecule has 0 aromatic carbocycles. The van der Waals surface area contributed by atoms with E-state index < -0.39 is 0 Å². The summed E-state index contributed by atoms with van der Waals surface area (Å²) in [7, 11) is 0. The lowest BCUT2D eigenvalue weighted by atomic mass is 9.87. The van der Waals surface area contributed by atoms with Gasteiger partial charge in [-0.1, -0.05) is 6.92 Å².